The predicted octanol–water partition coefficient (Wildman–Crippen LogP) is 0.668. The summed E-state index contributed by atoms with van der Waals surface area (Å²) in [6.45, 7) is 7.19. The number of benzene rings is 1. The smallest absolute Gasteiger partial charge is 0.228 e. The molecule has 160 valence electrons. The predicted molar refractivity (Wildman–Crippen MR) is 116 cm³/mol. The van der Waals surface area contributed by atoms with Crippen LogP contribution in [0.4, 0.5) is 11.8 Å². The Hall–Kier alpha value is -2.00. The van der Waals surface area contributed by atoms with Crippen molar-refractivity contribution in [1.82, 2.24) is 19.8 Å². The first kappa shape index (κ1) is 18.7. The summed E-state index contributed by atoms with van der Waals surface area (Å²) in [6.07, 6.45) is 0.483. The van der Waals surface area contributed by atoms with Gasteiger partial charge in [0, 0.05) is 44.7 Å². The Morgan fingerprint density at radius 3 is 2.13 bits per heavy atom. The summed E-state index contributed by atoms with van der Waals surface area (Å²) in [7, 11) is 4.40. The SMILES string of the molecule is CN1CCOC2CN(c3nc(N4CC5OCCN(C)C5C4)c4ccccc4n3)CC21. The molecule has 4 aliphatic rings. The Bertz CT molecular complexity index is 941. The molecule has 0 amide bonds. The van der Waals surface area contributed by atoms with E-state index in [2.05, 4.69) is 58.0 Å². The van der Waals surface area contributed by atoms with Crippen LogP contribution < -0.4 is 9.80 Å². The lowest BCUT2D eigenvalue weighted by atomic mass is 10.1. The topological polar surface area (TPSA) is 57.2 Å². The van der Waals surface area contributed by atoms with Gasteiger partial charge in [0.1, 0.15) is 5.82 Å². The van der Waals surface area contributed by atoms with Crippen LogP contribution in [0.15, 0.2) is 24.3 Å². The highest BCUT2D eigenvalue weighted by molar-refractivity contribution is 5.90. The van der Waals surface area contributed by atoms with Crippen molar-refractivity contribution >= 4 is 22.7 Å². The first-order valence-corrected chi connectivity index (χ1v) is 11.1. The van der Waals surface area contributed by atoms with Crippen LogP contribution in [0, 0.1) is 0 Å². The van der Waals surface area contributed by atoms with E-state index in [1.54, 1.807) is 0 Å². The molecule has 0 bridgehead atoms. The molecular weight excluding hydrogens is 380 g/mol. The number of hydrogen-bond donors (Lipinski definition) is 0. The van der Waals surface area contributed by atoms with Crippen molar-refractivity contribution in [2.24, 2.45) is 0 Å². The fourth-order valence-corrected chi connectivity index (χ4v) is 5.48. The molecule has 1 aromatic carbocycles. The van der Waals surface area contributed by atoms with Crippen LogP contribution in [0.25, 0.3) is 10.9 Å². The molecule has 0 radical (unpaired) electrons. The van der Waals surface area contributed by atoms with Crippen molar-refractivity contribution < 1.29 is 9.47 Å². The molecule has 0 spiro atoms. The van der Waals surface area contributed by atoms with E-state index >= 15 is 0 Å². The minimum absolute atomic E-state index is 0.235. The third-order valence-corrected chi connectivity index (χ3v) is 7.31. The van der Waals surface area contributed by atoms with Crippen molar-refractivity contribution in [3.63, 3.8) is 0 Å². The fourth-order valence-electron chi connectivity index (χ4n) is 5.48. The van der Waals surface area contributed by atoms with E-state index in [-0.39, 0.29) is 12.2 Å². The second-order valence-electron chi connectivity index (χ2n) is 9.09. The second-order valence-corrected chi connectivity index (χ2v) is 9.09. The molecule has 8 nitrogen and oxygen atoms in total. The summed E-state index contributed by atoms with van der Waals surface area (Å²) in [5.74, 6) is 1.85. The van der Waals surface area contributed by atoms with E-state index in [1.165, 1.54) is 0 Å². The molecule has 4 aliphatic heterocycles. The lowest BCUT2D eigenvalue weighted by molar-refractivity contribution is -0.0362. The molecule has 4 fully saturated rings. The maximum atomic E-state index is 6.08. The molecule has 0 aliphatic carbocycles. The molecule has 5 heterocycles. The Labute approximate surface area is 177 Å². The molecule has 4 unspecified atom stereocenters. The van der Waals surface area contributed by atoms with E-state index in [0.717, 1.165) is 75.2 Å². The van der Waals surface area contributed by atoms with Crippen molar-refractivity contribution in [3.05, 3.63) is 24.3 Å². The van der Waals surface area contributed by atoms with Crippen LogP contribution in [-0.4, -0.2) is 111 Å². The van der Waals surface area contributed by atoms with Crippen LogP contribution in [0.1, 0.15) is 0 Å². The van der Waals surface area contributed by atoms with Gasteiger partial charge in [-0.1, -0.05) is 12.1 Å². The highest BCUT2D eigenvalue weighted by Gasteiger charge is 2.41. The number of likely N-dealkylation sites (N-methyl/N-ethyl adjacent to an activating group) is 2. The molecule has 4 saturated heterocycles. The number of fused-ring (bicyclic) bond motifs is 3. The monoisotopic (exact) mass is 410 g/mol. The van der Waals surface area contributed by atoms with Gasteiger partial charge in [0.15, 0.2) is 0 Å². The number of hydrogen-bond acceptors (Lipinski definition) is 8. The Morgan fingerprint density at radius 1 is 0.800 bits per heavy atom. The number of nitrogens with zero attached hydrogens (tertiary/aromatic N) is 6. The fraction of sp³-hybridized carbons (Fsp3) is 0.636. The first-order chi connectivity index (χ1) is 14.7. The largest absolute Gasteiger partial charge is 0.373 e. The summed E-state index contributed by atoms with van der Waals surface area (Å²) >= 11 is 0. The van der Waals surface area contributed by atoms with Crippen molar-refractivity contribution in [2.75, 3.05) is 76.4 Å². The van der Waals surface area contributed by atoms with E-state index in [4.69, 9.17) is 19.4 Å². The summed E-state index contributed by atoms with van der Waals surface area (Å²) in [5, 5.41) is 1.12. The Balaban J connectivity index is 1.35. The average Bonchev–Trinajstić information content (AvgIpc) is 3.39. The van der Waals surface area contributed by atoms with Crippen LogP contribution in [0.5, 0.6) is 0 Å². The minimum Gasteiger partial charge on any atom is -0.373 e. The zero-order valence-corrected chi connectivity index (χ0v) is 17.8. The van der Waals surface area contributed by atoms with Gasteiger partial charge in [-0.2, -0.15) is 4.98 Å². The van der Waals surface area contributed by atoms with Gasteiger partial charge in [-0.05, 0) is 26.2 Å². The number of rotatable bonds is 2. The lowest BCUT2D eigenvalue weighted by Gasteiger charge is -2.33. The zero-order chi connectivity index (χ0) is 20.2. The lowest BCUT2D eigenvalue weighted by Crippen LogP contribution is -2.48. The van der Waals surface area contributed by atoms with Gasteiger partial charge >= 0.3 is 0 Å². The summed E-state index contributed by atoms with van der Waals surface area (Å²) < 4.78 is 12.1. The highest BCUT2D eigenvalue weighted by atomic mass is 16.5. The van der Waals surface area contributed by atoms with Crippen LogP contribution in [0.2, 0.25) is 0 Å². The second kappa shape index (κ2) is 7.30. The number of anilines is 2. The van der Waals surface area contributed by atoms with E-state index in [0.29, 0.717) is 12.1 Å². The standard InChI is InChI=1S/C22H30N6O2/c1-25-7-9-29-19-13-27(11-17(19)25)21-15-5-3-4-6-16(15)23-22(24-21)28-12-18-20(14-28)30-10-8-26(18)2/h3-6,17-20H,7-14H2,1-2H3. The number of aromatic nitrogens is 2. The number of ether oxygens (including phenoxy) is 2. The van der Waals surface area contributed by atoms with Crippen LogP contribution in [-0.2, 0) is 9.47 Å². The molecule has 1 aromatic heterocycles. The van der Waals surface area contributed by atoms with Gasteiger partial charge in [0.05, 0.1) is 43.0 Å². The molecule has 30 heavy (non-hydrogen) atoms. The summed E-state index contributed by atoms with van der Waals surface area (Å²) in [5.41, 5.74) is 1.01. The van der Waals surface area contributed by atoms with Gasteiger partial charge in [-0.25, -0.2) is 4.98 Å². The molecule has 0 saturated carbocycles. The quantitative estimate of drug-likeness (QED) is 0.716. The molecule has 8 heteroatoms. The number of morpholine rings is 2. The van der Waals surface area contributed by atoms with Crippen molar-refractivity contribution in [1.29, 1.82) is 0 Å². The van der Waals surface area contributed by atoms with Gasteiger partial charge in [-0.15, -0.1) is 0 Å². The average molecular weight is 411 g/mol. The van der Waals surface area contributed by atoms with Crippen LogP contribution in [0.3, 0.4) is 0 Å². The normalized spacial score (nSPS) is 32.6. The van der Waals surface area contributed by atoms with E-state index in [9.17, 15) is 0 Å². The van der Waals surface area contributed by atoms with Gasteiger partial charge in [-0.3, -0.25) is 9.80 Å². The Morgan fingerprint density at radius 2 is 1.43 bits per heavy atom. The zero-order valence-electron chi connectivity index (χ0n) is 17.8. The third kappa shape index (κ3) is 3.05. The van der Waals surface area contributed by atoms with Crippen LogP contribution >= 0.6 is 0 Å². The number of para-hydroxylation sites is 1. The minimum atomic E-state index is 0.235. The van der Waals surface area contributed by atoms with Gasteiger partial charge in [0.25, 0.3) is 0 Å². The molecular formula is C22H30N6O2. The molecule has 4 atom stereocenters. The maximum absolute atomic E-state index is 6.08. The summed E-state index contributed by atoms with van der Waals surface area (Å²) in [4.78, 5) is 19.6. The van der Waals surface area contributed by atoms with E-state index in [1.807, 2.05) is 0 Å². The van der Waals surface area contributed by atoms with Gasteiger partial charge < -0.3 is 19.3 Å². The van der Waals surface area contributed by atoms with Gasteiger partial charge in [0.2, 0.25) is 5.95 Å². The molecule has 2 aromatic rings. The summed E-state index contributed by atoms with van der Waals surface area (Å²) in [6, 6.07) is 9.21. The molecule has 0 N–H and O–H groups in total. The maximum Gasteiger partial charge on any atom is 0.228 e. The van der Waals surface area contributed by atoms with E-state index < -0.39 is 0 Å². The third-order valence-electron chi connectivity index (χ3n) is 7.31. The van der Waals surface area contributed by atoms with Crippen molar-refractivity contribution in [2.45, 2.75) is 24.3 Å². The molecule has 6 rings (SSSR count). The first-order valence-electron chi connectivity index (χ1n) is 11.1. The highest BCUT2D eigenvalue weighted by Crippen LogP contribution is 2.33. The van der Waals surface area contributed by atoms with Crippen molar-refractivity contribution in [3.8, 4) is 0 Å². The Kier molecular flexibility index (Phi) is 4.56.